The van der Waals surface area contributed by atoms with Crippen molar-refractivity contribution < 1.29 is 5.11 Å². The normalized spacial score (nSPS) is 11.4. The fraction of sp³-hybridized carbons (Fsp3) is 0.267. The lowest BCUT2D eigenvalue weighted by Gasteiger charge is -2.06. The first-order chi connectivity index (χ1) is 9.60. The van der Waals surface area contributed by atoms with Gasteiger partial charge in [0.25, 0.3) is 0 Å². The molecule has 0 fully saturated rings. The number of aliphatic hydroxyl groups excluding tert-OH is 1. The lowest BCUT2D eigenvalue weighted by molar-refractivity contribution is 0.282. The highest BCUT2D eigenvalue weighted by Gasteiger charge is 2.12. The Hall–Kier alpha value is -1.78. The first kappa shape index (κ1) is 13.2. The van der Waals surface area contributed by atoms with Gasteiger partial charge in [-0.1, -0.05) is 23.7 Å². The highest BCUT2D eigenvalue weighted by Crippen LogP contribution is 2.23. The largest absolute Gasteiger partial charge is 0.392 e. The summed E-state index contributed by atoms with van der Waals surface area (Å²) >= 11 is 6.29. The molecule has 0 aliphatic heterocycles. The molecule has 5 heteroatoms. The Balaban J connectivity index is 2.06. The van der Waals surface area contributed by atoms with E-state index in [1.54, 1.807) is 4.68 Å². The fourth-order valence-electron chi connectivity index (χ4n) is 2.49. The van der Waals surface area contributed by atoms with Gasteiger partial charge in [-0.3, -0.25) is 4.68 Å². The minimum Gasteiger partial charge on any atom is -0.392 e. The summed E-state index contributed by atoms with van der Waals surface area (Å²) in [5.41, 5.74) is 3.97. The number of fused-ring (bicyclic) bond motifs is 1. The first-order valence-electron chi connectivity index (χ1n) is 6.46. The molecule has 0 saturated heterocycles. The van der Waals surface area contributed by atoms with E-state index in [4.69, 9.17) is 11.6 Å². The van der Waals surface area contributed by atoms with Gasteiger partial charge in [0, 0.05) is 24.3 Å². The van der Waals surface area contributed by atoms with E-state index in [1.807, 2.05) is 38.4 Å². The molecule has 0 aliphatic rings. The molecule has 2 aromatic heterocycles. The number of benzene rings is 1. The molecule has 20 heavy (non-hydrogen) atoms. The molecule has 1 aromatic carbocycles. The average Bonchev–Trinajstić information content (AvgIpc) is 2.95. The van der Waals surface area contributed by atoms with Gasteiger partial charge in [-0.2, -0.15) is 5.10 Å². The Kier molecular flexibility index (Phi) is 3.28. The molecule has 3 rings (SSSR count). The van der Waals surface area contributed by atoms with E-state index >= 15 is 0 Å². The molecule has 0 unspecified atom stereocenters. The van der Waals surface area contributed by atoms with Crippen LogP contribution in [0.3, 0.4) is 0 Å². The van der Waals surface area contributed by atoms with Gasteiger partial charge in [-0.25, -0.2) is 0 Å². The van der Waals surface area contributed by atoms with Crippen molar-refractivity contribution in [3.8, 4) is 0 Å². The molecule has 2 heterocycles. The van der Waals surface area contributed by atoms with Crippen LogP contribution in [0.2, 0.25) is 5.15 Å². The van der Waals surface area contributed by atoms with E-state index in [9.17, 15) is 5.11 Å². The third-order valence-electron chi connectivity index (χ3n) is 3.62. The van der Waals surface area contributed by atoms with E-state index < -0.39 is 0 Å². The van der Waals surface area contributed by atoms with Gasteiger partial charge in [0.15, 0.2) is 0 Å². The lowest BCUT2D eigenvalue weighted by Crippen LogP contribution is -2.00. The summed E-state index contributed by atoms with van der Waals surface area (Å²) in [4.78, 5) is 0. The molecular formula is C15H16ClN3O. The maximum Gasteiger partial charge on any atom is 0.131 e. The standard InChI is InChI=1S/C15H16ClN3O/c1-10-13(15(16)18(2)17-10)8-19-6-5-12-4-3-11(9-20)7-14(12)19/h3-7,20H,8-9H2,1-2H3. The van der Waals surface area contributed by atoms with Gasteiger partial charge in [-0.15, -0.1) is 0 Å². The molecule has 0 spiro atoms. The summed E-state index contributed by atoms with van der Waals surface area (Å²) in [6, 6.07) is 8.04. The number of rotatable bonds is 3. The van der Waals surface area contributed by atoms with Crippen molar-refractivity contribution in [2.75, 3.05) is 0 Å². The number of nitrogens with zero attached hydrogens (tertiary/aromatic N) is 3. The minimum atomic E-state index is 0.0494. The lowest BCUT2D eigenvalue weighted by atomic mass is 10.2. The maximum absolute atomic E-state index is 9.26. The van der Waals surface area contributed by atoms with Crippen LogP contribution in [-0.2, 0) is 20.2 Å². The quantitative estimate of drug-likeness (QED) is 0.806. The molecule has 0 saturated carbocycles. The fourth-order valence-corrected chi connectivity index (χ4v) is 2.72. The minimum absolute atomic E-state index is 0.0494. The van der Waals surface area contributed by atoms with Crippen LogP contribution in [0.4, 0.5) is 0 Å². The van der Waals surface area contributed by atoms with Gasteiger partial charge in [0.2, 0.25) is 0 Å². The van der Waals surface area contributed by atoms with Crippen LogP contribution in [-0.4, -0.2) is 19.5 Å². The van der Waals surface area contributed by atoms with E-state index in [2.05, 4.69) is 15.7 Å². The molecule has 0 amide bonds. The molecule has 1 N–H and O–H groups in total. The van der Waals surface area contributed by atoms with Crippen LogP contribution in [0.25, 0.3) is 10.9 Å². The smallest absolute Gasteiger partial charge is 0.131 e. The number of hydrogen-bond acceptors (Lipinski definition) is 2. The highest BCUT2D eigenvalue weighted by atomic mass is 35.5. The van der Waals surface area contributed by atoms with Crippen molar-refractivity contribution in [1.82, 2.24) is 14.3 Å². The number of aryl methyl sites for hydroxylation is 2. The molecule has 0 radical (unpaired) electrons. The monoisotopic (exact) mass is 289 g/mol. The molecule has 3 aromatic rings. The predicted octanol–water partition coefficient (Wildman–Crippen LogP) is 2.88. The van der Waals surface area contributed by atoms with Crippen molar-refractivity contribution >= 4 is 22.5 Å². The Morgan fingerprint density at radius 2 is 2.10 bits per heavy atom. The number of hydrogen-bond donors (Lipinski definition) is 1. The summed E-state index contributed by atoms with van der Waals surface area (Å²) in [5, 5.41) is 15.4. The third kappa shape index (κ3) is 2.11. The predicted molar refractivity (Wildman–Crippen MR) is 79.9 cm³/mol. The summed E-state index contributed by atoms with van der Waals surface area (Å²) in [6.07, 6.45) is 2.04. The SMILES string of the molecule is Cc1nn(C)c(Cl)c1Cn1ccc2ccc(CO)cc21. The van der Waals surface area contributed by atoms with E-state index in [0.29, 0.717) is 11.7 Å². The molecule has 0 atom stereocenters. The van der Waals surface area contributed by atoms with E-state index in [-0.39, 0.29) is 6.61 Å². The van der Waals surface area contributed by atoms with Crippen molar-refractivity contribution in [2.45, 2.75) is 20.1 Å². The Morgan fingerprint density at radius 1 is 1.30 bits per heavy atom. The zero-order valence-corrected chi connectivity index (χ0v) is 12.2. The van der Waals surface area contributed by atoms with Gasteiger partial charge < -0.3 is 9.67 Å². The Morgan fingerprint density at radius 3 is 2.75 bits per heavy atom. The first-order valence-corrected chi connectivity index (χ1v) is 6.84. The molecule has 4 nitrogen and oxygen atoms in total. The topological polar surface area (TPSA) is 43.0 Å². The summed E-state index contributed by atoms with van der Waals surface area (Å²) in [5.74, 6) is 0. The van der Waals surface area contributed by atoms with Crippen LogP contribution in [0, 0.1) is 6.92 Å². The highest BCUT2D eigenvalue weighted by molar-refractivity contribution is 6.30. The van der Waals surface area contributed by atoms with Crippen LogP contribution in [0.1, 0.15) is 16.8 Å². The van der Waals surface area contributed by atoms with Crippen LogP contribution >= 0.6 is 11.6 Å². The Bertz CT molecular complexity index is 773. The summed E-state index contributed by atoms with van der Waals surface area (Å²) < 4.78 is 3.82. The average molecular weight is 290 g/mol. The Labute approximate surface area is 122 Å². The number of aliphatic hydroxyl groups is 1. The van der Waals surface area contributed by atoms with Gasteiger partial charge in [0.05, 0.1) is 18.8 Å². The van der Waals surface area contributed by atoms with E-state index in [1.165, 1.54) is 0 Å². The van der Waals surface area contributed by atoms with Crippen LogP contribution in [0.15, 0.2) is 30.5 Å². The summed E-state index contributed by atoms with van der Waals surface area (Å²) in [7, 11) is 1.84. The molecular weight excluding hydrogens is 274 g/mol. The second-order valence-electron chi connectivity index (χ2n) is 4.97. The maximum atomic E-state index is 9.26. The van der Waals surface area contributed by atoms with Gasteiger partial charge in [0.1, 0.15) is 5.15 Å². The molecule has 104 valence electrons. The molecule has 0 aliphatic carbocycles. The molecule has 0 bridgehead atoms. The summed E-state index contributed by atoms with van der Waals surface area (Å²) in [6.45, 7) is 2.69. The number of aromatic nitrogens is 3. The number of halogens is 1. The van der Waals surface area contributed by atoms with Crippen LogP contribution in [0.5, 0.6) is 0 Å². The van der Waals surface area contributed by atoms with Crippen molar-refractivity contribution in [3.63, 3.8) is 0 Å². The van der Waals surface area contributed by atoms with Crippen molar-refractivity contribution in [1.29, 1.82) is 0 Å². The van der Waals surface area contributed by atoms with Crippen molar-refractivity contribution in [3.05, 3.63) is 52.4 Å². The zero-order valence-electron chi connectivity index (χ0n) is 11.5. The zero-order chi connectivity index (χ0) is 14.3. The van der Waals surface area contributed by atoms with Gasteiger partial charge in [-0.05, 0) is 30.0 Å². The third-order valence-corrected chi connectivity index (χ3v) is 4.09. The van der Waals surface area contributed by atoms with Crippen molar-refractivity contribution in [2.24, 2.45) is 7.05 Å². The second kappa shape index (κ2) is 4.96. The second-order valence-corrected chi connectivity index (χ2v) is 5.33. The van der Waals surface area contributed by atoms with E-state index in [0.717, 1.165) is 27.7 Å². The van der Waals surface area contributed by atoms with Gasteiger partial charge >= 0.3 is 0 Å². The van der Waals surface area contributed by atoms with Crippen LogP contribution < -0.4 is 0 Å².